The molecule has 0 bridgehead atoms. The van der Waals surface area contributed by atoms with Gasteiger partial charge >= 0.3 is 11.9 Å². The van der Waals surface area contributed by atoms with Crippen LogP contribution < -0.4 is 5.11 Å². The fourth-order valence-corrected chi connectivity index (χ4v) is 10.7. The second-order valence-electron chi connectivity index (χ2n) is 26.9. The molecule has 0 aromatic rings. The summed E-state index contributed by atoms with van der Waals surface area (Å²) in [6.45, 7) is 4.63. The van der Waals surface area contributed by atoms with Crippen molar-refractivity contribution in [3.8, 4) is 0 Å². The number of carbonyl (C=O) groups is 3. The van der Waals surface area contributed by atoms with Crippen LogP contribution in [-0.4, -0.2) is 82.3 Å². The Bertz CT molecular complexity index is 2080. The molecule has 542 valence electrons. The van der Waals surface area contributed by atoms with E-state index in [1.165, 1.54) is 167 Å². The number of nitrogens with zero attached hydrogens (tertiary/aromatic N) is 1. The van der Waals surface area contributed by atoms with Crippen molar-refractivity contribution in [2.75, 3.05) is 47.5 Å². The van der Waals surface area contributed by atoms with E-state index in [1.54, 1.807) is 0 Å². The average Bonchev–Trinajstić information content (AvgIpc) is 3.54. The minimum absolute atomic E-state index is 0.137. The van der Waals surface area contributed by atoms with Crippen LogP contribution in [0.15, 0.2) is 146 Å². The molecule has 0 aromatic carbocycles. The standard InChI is InChI=1S/C86H145NO8/c1-6-8-10-12-14-16-18-20-22-24-26-28-30-32-34-36-37-38-39-40-41-42-43-44-45-46-47-49-51-53-55-57-59-61-63-65-67-69-71-73-75-77-84(89)95-82(81-94-86(85(90)91)92-79-78-87(3,4)5)80-93-83(88)76-74-72-70-68-66-64-62-60-58-56-54-52-50-48-35-33-31-29-27-25-23-21-19-17-15-13-11-9-7-2/h8,10,14,16,20,22,26,28,32,34,37-38,40-41,43-44,46-47,51,53,57,59,63,65,82,86H,6-7,9,11-13,15,17-19,21,23-25,27,29-31,33,35-36,39,42,45,48-50,52,54-56,58,60-62,64,66-81H2,1-5H3/b10-8-,16-14-,22-20-,28-26-,34-32-,38-37-,41-40-,44-43-,47-46-,53-51-,59-57-,65-63-. The van der Waals surface area contributed by atoms with Crippen molar-refractivity contribution in [1.29, 1.82) is 0 Å². The summed E-state index contributed by atoms with van der Waals surface area (Å²) in [7, 11) is 5.92. The predicted molar refractivity (Wildman–Crippen MR) is 407 cm³/mol. The van der Waals surface area contributed by atoms with Gasteiger partial charge in [0.15, 0.2) is 12.4 Å². The van der Waals surface area contributed by atoms with Gasteiger partial charge in [-0.3, -0.25) is 9.59 Å². The molecule has 9 nitrogen and oxygen atoms in total. The molecular weight excluding hydrogens is 1170 g/mol. The van der Waals surface area contributed by atoms with Crippen LogP contribution in [0.3, 0.4) is 0 Å². The SMILES string of the molecule is CC/C=C\C/C=C\C/C=C\C/C=C\C/C=C\C/C=C\C/C=C\C/C=C\C/C=C\C/C=C\C/C=C\C/C=C\CCCCCCC(=O)OC(COC(=O)CCCCCCCCCCCCCCCCCCCCCCCCCCCCCCC)COC(OCC[N+](C)(C)C)C(=O)[O-]. The van der Waals surface area contributed by atoms with Crippen molar-refractivity contribution >= 4 is 17.9 Å². The Morgan fingerprint density at radius 2 is 0.600 bits per heavy atom. The minimum Gasteiger partial charge on any atom is -0.545 e. The lowest BCUT2D eigenvalue weighted by Gasteiger charge is -2.26. The van der Waals surface area contributed by atoms with Gasteiger partial charge in [-0.25, -0.2) is 0 Å². The van der Waals surface area contributed by atoms with Gasteiger partial charge in [0.05, 0.1) is 40.3 Å². The highest BCUT2D eigenvalue weighted by atomic mass is 16.7. The number of carbonyl (C=O) groups excluding carboxylic acids is 3. The molecule has 0 aromatic heterocycles. The van der Waals surface area contributed by atoms with Crippen LogP contribution in [0.4, 0.5) is 0 Å². The summed E-state index contributed by atoms with van der Waals surface area (Å²) in [6.07, 6.45) is 107. The number of quaternary nitrogens is 1. The van der Waals surface area contributed by atoms with Crippen LogP contribution in [0.5, 0.6) is 0 Å². The Morgan fingerprint density at radius 1 is 0.326 bits per heavy atom. The van der Waals surface area contributed by atoms with Gasteiger partial charge in [0, 0.05) is 12.8 Å². The first-order chi connectivity index (χ1) is 46.6. The molecular formula is C86H145NO8. The number of unbranched alkanes of at least 4 members (excludes halogenated alkanes) is 32. The predicted octanol–water partition coefficient (Wildman–Crippen LogP) is 23.7. The lowest BCUT2D eigenvalue weighted by molar-refractivity contribution is -0.870. The van der Waals surface area contributed by atoms with E-state index < -0.39 is 24.3 Å². The number of hydrogen-bond donors (Lipinski definition) is 0. The topological polar surface area (TPSA) is 111 Å². The normalized spacial score (nSPS) is 13.5. The summed E-state index contributed by atoms with van der Waals surface area (Å²) in [5.41, 5.74) is 0. The minimum atomic E-state index is -1.64. The van der Waals surface area contributed by atoms with Gasteiger partial charge in [-0.2, -0.15) is 0 Å². The molecule has 0 saturated heterocycles. The zero-order valence-corrected chi connectivity index (χ0v) is 62.0. The van der Waals surface area contributed by atoms with Crippen molar-refractivity contribution in [2.45, 2.75) is 334 Å². The largest absolute Gasteiger partial charge is 0.545 e. The molecule has 95 heavy (non-hydrogen) atoms. The van der Waals surface area contributed by atoms with E-state index in [1.807, 2.05) is 21.1 Å². The zero-order valence-electron chi connectivity index (χ0n) is 62.0. The van der Waals surface area contributed by atoms with E-state index in [4.69, 9.17) is 18.9 Å². The first-order valence-corrected chi connectivity index (χ1v) is 39.0. The molecule has 0 rings (SSSR count). The Morgan fingerprint density at radius 3 is 0.895 bits per heavy atom. The van der Waals surface area contributed by atoms with E-state index in [9.17, 15) is 19.5 Å². The molecule has 0 spiro atoms. The van der Waals surface area contributed by atoms with Gasteiger partial charge in [-0.05, 0) is 103 Å². The fraction of sp³-hybridized carbons (Fsp3) is 0.686. The number of ether oxygens (including phenoxy) is 4. The molecule has 9 heteroatoms. The summed E-state index contributed by atoms with van der Waals surface area (Å²) in [4.78, 5) is 37.6. The van der Waals surface area contributed by atoms with Gasteiger partial charge in [0.25, 0.3) is 0 Å². The maximum absolute atomic E-state index is 13.0. The van der Waals surface area contributed by atoms with E-state index >= 15 is 0 Å². The second kappa shape index (κ2) is 75.0. The maximum Gasteiger partial charge on any atom is 0.306 e. The number of aliphatic carboxylic acids is 1. The highest BCUT2D eigenvalue weighted by molar-refractivity contribution is 5.70. The third-order valence-corrected chi connectivity index (χ3v) is 16.6. The Kier molecular flexibility index (Phi) is 71.1. The van der Waals surface area contributed by atoms with E-state index in [0.29, 0.717) is 17.4 Å². The Hall–Kier alpha value is -4.83. The number of carboxylic acid groups (broad SMARTS) is 1. The number of allylic oxidation sites excluding steroid dienone is 24. The zero-order chi connectivity index (χ0) is 69.0. The number of carboxylic acids is 1. The summed E-state index contributed by atoms with van der Waals surface area (Å²) in [5.74, 6) is -2.32. The van der Waals surface area contributed by atoms with Crippen LogP contribution >= 0.6 is 0 Å². The molecule has 0 saturated carbocycles. The third kappa shape index (κ3) is 76.4. The van der Waals surface area contributed by atoms with Gasteiger partial charge in [-0.15, -0.1) is 0 Å². The first kappa shape index (κ1) is 90.2. The van der Waals surface area contributed by atoms with Crippen molar-refractivity contribution in [3.05, 3.63) is 146 Å². The van der Waals surface area contributed by atoms with Crippen LogP contribution in [0, 0.1) is 0 Å². The molecule has 0 heterocycles. The molecule has 0 N–H and O–H groups in total. The number of rotatable bonds is 71. The third-order valence-electron chi connectivity index (χ3n) is 16.6. The molecule has 0 fully saturated rings. The summed E-state index contributed by atoms with van der Waals surface area (Å²) in [5, 5.41) is 11.8. The second-order valence-corrected chi connectivity index (χ2v) is 26.9. The van der Waals surface area contributed by atoms with Crippen LogP contribution in [-0.2, 0) is 33.3 Å². The van der Waals surface area contributed by atoms with Gasteiger partial charge in [-0.1, -0.05) is 352 Å². The van der Waals surface area contributed by atoms with Gasteiger partial charge < -0.3 is 33.3 Å². The van der Waals surface area contributed by atoms with Crippen molar-refractivity contribution < 1.29 is 42.9 Å². The lowest BCUT2D eigenvalue weighted by atomic mass is 10.0. The van der Waals surface area contributed by atoms with Crippen LogP contribution in [0.2, 0.25) is 0 Å². The highest BCUT2D eigenvalue weighted by Gasteiger charge is 2.22. The summed E-state index contributed by atoms with van der Waals surface area (Å²) < 4.78 is 22.8. The summed E-state index contributed by atoms with van der Waals surface area (Å²) >= 11 is 0. The quantitative estimate of drug-likeness (QED) is 0.0195. The number of esters is 2. The Balaban J connectivity index is 4.17. The molecule has 0 aliphatic carbocycles. The fourth-order valence-electron chi connectivity index (χ4n) is 10.7. The number of hydrogen-bond acceptors (Lipinski definition) is 8. The average molecular weight is 1320 g/mol. The van der Waals surface area contributed by atoms with E-state index in [-0.39, 0.29) is 38.6 Å². The van der Waals surface area contributed by atoms with Crippen LogP contribution in [0.1, 0.15) is 322 Å². The van der Waals surface area contributed by atoms with Crippen molar-refractivity contribution in [3.63, 3.8) is 0 Å². The van der Waals surface area contributed by atoms with Crippen molar-refractivity contribution in [1.82, 2.24) is 0 Å². The smallest absolute Gasteiger partial charge is 0.306 e. The highest BCUT2D eigenvalue weighted by Crippen LogP contribution is 2.18. The molecule has 0 aliphatic heterocycles. The van der Waals surface area contributed by atoms with E-state index in [0.717, 1.165) is 122 Å². The molecule has 0 amide bonds. The first-order valence-electron chi connectivity index (χ1n) is 39.0. The number of likely N-dealkylation sites (N-methyl/N-ethyl adjacent to an activating group) is 1. The van der Waals surface area contributed by atoms with Crippen molar-refractivity contribution in [2.24, 2.45) is 0 Å². The molecule has 2 unspecified atom stereocenters. The summed E-state index contributed by atoms with van der Waals surface area (Å²) in [6, 6.07) is 0. The Labute approximate surface area is 585 Å². The monoisotopic (exact) mass is 1320 g/mol. The lowest BCUT2D eigenvalue weighted by Crippen LogP contribution is -2.44. The van der Waals surface area contributed by atoms with Crippen LogP contribution in [0.25, 0.3) is 0 Å². The molecule has 0 aliphatic rings. The maximum atomic E-state index is 13.0. The van der Waals surface area contributed by atoms with Gasteiger partial charge in [0.1, 0.15) is 13.2 Å². The van der Waals surface area contributed by atoms with E-state index in [2.05, 4.69) is 160 Å². The van der Waals surface area contributed by atoms with Gasteiger partial charge in [0.2, 0.25) is 0 Å². The molecule has 2 atom stereocenters. The molecule has 0 radical (unpaired) electrons.